The lowest BCUT2D eigenvalue weighted by Gasteiger charge is -2.09. The van der Waals surface area contributed by atoms with Gasteiger partial charge in [-0.05, 0) is 37.6 Å². The Morgan fingerprint density at radius 3 is 2.89 bits per heavy atom. The van der Waals surface area contributed by atoms with Crippen molar-refractivity contribution in [3.8, 4) is 16.3 Å². The fourth-order valence-electron chi connectivity index (χ4n) is 2.04. The first-order valence-electron chi connectivity index (χ1n) is 6.20. The summed E-state index contributed by atoms with van der Waals surface area (Å²) in [6.07, 6.45) is 0. The van der Waals surface area contributed by atoms with Gasteiger partial charge in [-0.15, -0.1) is 11.3 Å². The van der Waals surface area contributed by atoms with Gasteiger partial charge in [0.2, 0.25) is 0 Å². The minimum absolute atomic E-state index is 0.416. The zero-order valence-corrected chi connectivity index (χ0v) is 11.7. The van der Waals surface area contributed by atoms with E-state index in [-0.39, 0.29) is 0 Å². The van der Waals surface area contributed by atoms with E-state index in [1.807, 2.05) is 25.1 Å². The van der Waals surface area contributed by atoms with Crippen molar-refractivity contribution < 1.29 is 4.74 Å². The Kier molecular flexibility index (Phi) is 2.95. The highest BCUT2D eigenvalue weighted by Gasteiger charge is 2.10. The Bertz CT molecular complexity index is 779. The average molecular weight is 270 g/mol. The number of nitrogens with zero attached hydrogens (tertiary/aromatic N) is 1. The summed E-state index contributed by atoms with van der Waals surface area (Å²) < 4.78 is 6.60. The predicted octanol–water partition coefficient (Wildman–Crippen LogP) is 3.59. The fourth-order valence-corrected chi connectivity index (χ4v) is 3.12. The third-order valence-corrected chi connectivity index (χ3v) is 4.03. The monoisotopic (exact) mass is 270 g/mol. The second-order valence-corrected chi connectivity index (χ2v) is 5.52. The number of ether oxygens (including phenoxy) is 1. The van der Waals surface area contributed by atoms with Crippen molar-refractivity contribution in [3.05, 3.63) is 41.3 Å². The third kappa shape index (κ3) is 2.19. The van der Waals surface area contributed by atoms with E-state index in [0.717, 1.165) is 20.8 Å². The molecule has 0 saturated heterocycles. The van der Waals surface area contributed by atoms with E-state index in [2.05, 4.69) is 24.0 Å². The summed E-state index contributed by atoms with van der Waals surface area (Å²) in [6.45, 7) is 4.56. The van der Waals surface area contributed by atoms with Crippen LogP contribution in [-0.2, 0) is 0 Å². The molecule has 0 aromatic heterocycles. The van der Waals surface area contributed by atoms with Gasteiger partial charge < -0.3 is 4.74 Å². The zero-order valence-electron chi connectivity index (χ0n) is 10.9. The maximum absolute atomic E-state index is 7.96. The molecule has 1 heterocycles. The molecular formula is C15H14N2OS. The van der Waals surface area contributed by atoms with Crippen molar-refractivity contribution in [1.29, 1.82) is 5.41 Å². The molecule has 3 rings (SSSR count). The molecule has 0 atom stereocenters. The highest BCUT2D eigenvalue weighted by atomic mass is 32.1. The van der Waals surface area contributed by atoms with Gasteiger partial charge in [0, 0.05) is 6.07 Å². The minimum Gasteiger partial charge on any atom is -0.492 e. The number of aromatic nitrogens is 1. The molecule has 0 fully saturated rings. The van der Waals surface area contributed by atoms with Crippen LogP contribution in [0.5, 0.6) is 5.75 Å². The standard InChI is InChI=1S/C15H14N2OS/c1-3-18-13-8-12-15(7-10(13)16)19-14-6-9(2)4-5-11(14)17-12/h4-8,16H,3H2,1-2H3. The lowest BCUT2D eigenvalue weighted by atomic mass is 10.2. The Hall–Kier alpha value is -1.94. The number of aryl methyl sites for hydroxylation is 1. The zero-order chi connectivity index (χ0) is 13.4. The Morgan fingerprint density at radius 1 is 1.26 bits per heavy atom. The Labute approximate surface area is 115 Å². The normalized spacial score (nSPS) is 11.1. The first kappa shape index (κ1) is 12.1. The van der Waals surface area contributed by atoms with Crippen LogP contribution in [0.25, 0.3) is 20.8 Å². The van der Waals surface area contributed by atoms with Crippen LogP contribution in [0.15, 0.2) is 30.3 Å². The molecule has 4 heteroatoms. The van der Waals surface area contributed by atoms with Gasteiger partial charge in [0.05, 0.1) is 32.8 Å². The molecule has 3 nitrogen and oxygen atoms in total. The van der Waals surface area contributed by atoms with Gasteiger partial charge in [-0.3, -0.25) is 5.41 Å². The summed E-state index contributed by atoms with van der Waals surface area (Å²) in [5, 5.41) is 8.38. The second kappa shape index (κ2) is 4.63. The molecule has 0 radical (unpaired) electrons. The van der Waals surface area contributed by atoms with Gasteiger partial charge in [-0.25, -0.2) is 4.98 Å². The summed E-state index contributed by atoms with van der Waals surface area (Å²) in [4.78, 5) is 5.67. The van der Waals surface area contributed by atoms with Crippen molar-refractivity contribution in [1.82, 2.24) is 4.98 Å². The van der Waals surface area contributed by atoms with Gasteiger partial charge in [0.25, 0.3) is 0 Å². The van der Waals surface area contributed by atoms with Gasteiger partial charge >= 0.3 is 0 Å². The molecule has 1 aliphatic carbocycles. The van der Waals surface area contributed by atoms with E-state index in [4.69, 9.17) is 10.1 Å². The number of rotatable bonds is 2. The molecular weight excluding hydrogens is 256 g/mol. The highest BCUT2D eigenvalue weighted by molar-refractivity contribution is 7.21. The average Bonchev–Trinajstić information content (AvgIpc) is 2.38. The van der Waals surface area contributed by atoms with Gasteiger partial charge in [-0.1, -0.05) is 6.07 Å². The molecule has 96 valence electrons. The van der Waals surface area contributed by atoms with Crippen molar-refractivity contribution in [2.75, 3.05) is 6.61 Å². The molecule has 19 heavy (non-hydrogen) atoms. The summed E-state index contributed by atoms with van der Waals surface area (Å²) in [6, 6.07) is 9.93. The van der Waals surface area contributed by atoms with E-state index in [1.165, 1.54) is 5.56 Å². The SMILES string of the molecule is CCOc1cc2nc3ccc(C)cc3sc-2cc1=N. The van der Waals surface area contributed by atoms with Crippen LogP contribution < -0.4 is 10.1 Å². The molecule has 1 aromatic rings. The quantitative estimate of drug-likeness (QED) is 0.723. The first-order chi connectivity index (χ1) is 9.17. The fraction of sp³-hybridized carbons (Fsp3) is 0.200. The van der Waals surface area contributed by atoms with Crippen LogP contribution in [0.4, 0.5) is 0 Å². The molecule has 2 aliphatic rings. The number of hydrogen-bond acceptors (Lipinski definition) is 4. The van der Waals surface area contributed by atoms with Crippen LogP contribution in [0, 0.1) is 12.3 Å². The molecule has 1 aliphatic heterocycles. The molecule has 0 bridgehead atoms. The molecule has 1 N–H and O–H groups in total. The largest absolute Gasteiger partial charge is 0.492 e. The van der Waals surface area contributed by atoms with E-state index in [9.17, 15) is 0 Å². The molecule has 0 amide bonds. The number of nitrogens with one attached hydrogen (secondary N) is 1. The van der Waals surface area contributed by atoms with Gasteiger partial charge in [0.15, 0.2) is 0 Å². The molecule has 0 unspecified atom stereocenters. The number of benzene rings is 2. The van der Waals surface area contributed by atoms with Crippen LogP contribution in [0.3, 0.4) is 0 Å². The maximum Gasteiger partial charge on any atom is 0.146 e. The Balaban J connectivity index is 2.30. The summed E-state index contributed by atoms with van der Waals surface area (Å²) in [7, 11) is 0. The maximum atomic E-state index is 7.96. The van der Waals surface area contributed by atoms with Crippen molar-refractivity contribution in [2.45, 2.75) is 13.8 Å². The third-order valence-electron chi connectivity index (χ3n) is 2.94. The van der Waals surface area contributed by atoms with E-state index >= 15 is 0 Å². The molecule has 0 saturated carbocycles. The van der Waals surface area contributed by atoms with E-state index in [0.29, 0.717) is 17.7 Å². The topological polar surface area (TPSA) is 46.0 Å². The van der Waals surface area contributed by atoms with Crippen LogP contribution in [0.2, 0.25) is 0 Å². The minimum atomic E-state index is 0.416. The van der Waals surface area contributed by atoms with Crippen molar-refractivity contribution >= 4 is 21.6 Å². The first-order valence-corrected chi connectivity index (χ1v) is 7.01. The summed E-state index contributed by atoms with van der Waals surface area (Å²) >= 11 is 1.67. The van der Waals surface area contributed by atoms with Crippen molar-refractivity contribution in [2.24, 2.45) is 0 Å². The predicted molar refractivity (Wildman–Crippen MR) is 78.0 cm³/mol. The molecule has 1 aromatic carbocycles. The van der Waals surface area contributed by atoms with Crippen molar-refractivity contribution in [3.63, 3.8) is 0 Å². The smallest absolute Gasteiger partial charge is 0.146 e. The lowest BCUT2D eigenvalue weighted by Crippen LogP contribution is -2.08. The number of fused-ring (bicyclic) bond motifs is 2. The Morgan fingerprint density at radius 2 is 2.11 bits per heavy atom. The van der Waals surface area contributed by atoms with Crippen LogP contribution in [0.1, 0.15) is 12.5 Å². The summed E-state index contributed by atoms with van der Waals surface area (Å²) in [5.41, 5.74) is 3.10. The lowest BCUT2D eigenvalue weighted by molar-refractivity contribution is 0.335. The van der Waals surface area contributed by atoms with E-state index in [1.54, 1.807) is 11.3 Å². The molecule has 0 spiro atoms. The van der Waals surface area contributed by atoms with E-state index < -0.39 is 0 Å². The van der Waals surface area contributed by atoms with Gasteiger partial charge in [-0.2, -0.15) is 0 Å². The highest BCUT2D eigenvalue weighted by Crippen LogP contribution is 2.31. The van der Waals surface area contributed by atoms with Crippen LogP contribution in [-0.4, -0.2) is 11.6 Å². The second-order valence-electron chi connectivity index (χ2n) is 4.43. The van der Waals surface area contributed by atoms with Gasteiger partial charge in [0.1, 0.15) is 5.75 Å². The van der Waals surface area contributed by atoms with Crippen LogP contribution >= 0.6 is 11.3 Å². The summed E-state index contributed by atoms with van der Waals surface area (Å²) in [5.74, 6) is 0.598. The number of hydrogen-bond donors (Lipinski definition) is 1.